The van der Waals surface area contributed by atoms with Crippen LogP contribution in [0.2, 0.25) is 0 Å². The number of hydrogen-bond acceptors (Lipinski definition) is 28. The second-order valence-corrected chi connectivity index (χ2v) is 15.0. The van der Waals surface area contributed by atoms with Crippen molar-refractivity contribution in [2.75, 3.05) is 32.2 Å². The van der Waals surface area contributed by atoms with Crippen molar-refractivity contribution in [3.63, 3.8) is 0 Å². The van der Waals surface area contributed by atoms with Crippen molar-refractivity contribution < 1.29 is 81.6 Å². The Kier molecular flexibility index (Phi) is 32.7. The van der Waals surface area contributed by atoms with E-state index in [4.69, 9.17) is 44.1 Å². The average Bonchev–Trinajstić information content (AvgIpc) is 4.20. The Morgan fingerprint density at radius 1 is 0.500 bits per heavy atom. The lowest BCUT2D eigenvalue weighted by Gasteiger charge is -2.07. The van der Waals surface area contributed by atoms with Crippen LogP contribution in [0.4, 0.5) is 28.4 Å². The zero-order valence-electron chi connectivity index (χ0n) is 44.8. The van der Waals surface area contributed by atoms with Gasteiger partial charge < -0.3 is 48.5 Å². The molecule has 3 amide bonds. The smallest absolute Gasteiger partial charge is 0.344 e. The molecule has 450 valence electrons. The van der Waals surface area contributed by atoms with Gasteiger partial charge in [-0.15, -0.1) is 20.4 Å². The molecule has 0 saturated carbocycles. The fourth-order valence-corrected chi connectivity index (χ4v) is 5.18. The Bertz CT molecular complexity index is 3130. The molecule has 0 fully saturated rings. The number of carbonyl (C=O) groups excluding carboxylic acids is 4. The third-order valence-electron chi connectivity index (χ3n) is 8.87. The zero-order valence-corrected chi connectivity index (χ0v) is 44.8. The third-order valence-corrected chi connectivity index (χ3v) is 8.87. The van der Waals surface area contributed by atoms with Gasteiger partial charge in [0, 0.05) is 75.0 Å². The largest absolute Gasteiger partial charge is 0.484 e. The third kappa shape index (κ3) is 29.5. The molecule has 0 aliphatic carbocycles. The van der Waals surface area contributed by atoms with Gasteiger partial charge in [0.15, 0.2) is 33.0 Å². The molecular weight excluding hydrogens is 1120 g/mol. The number of hydrogen-bond donors (Lipinski definition) is 7. The Balaban J connectivity index is 0.000000520. The van der Waals surface area contributed by atoms with Crippen LogP contribution >= 0.6 is 0 Å². The van der Waals surface area contributed by atoms with Crippen molar-refractivity contribution >= 4 is 52.1 Å². The van der Waals surface area contributed by atoms with E-state index in [1.807, 2.05) is 5.43 Å². The maximum Gasteiger partial charge on any atom is 0.344 e. The number of nitro benzene ring substituents is 4. The molecule has 0 spiro atoms. The van der Waals surface area contributed by atoms with Crippen LogP contribution in [0.15, 0.2) is 130 Å². The van der Waals surface area contributed by atoms with Gasteiger partial charge in [-0.2, -0.15) is 0 Å². The minimum Gasteiger partial charge on any atom is -0.484 e. The van der Waals surface area contributed by atoms with E-state index in [9.17, 15) is 59.6 Å². The average molecular weight is 1180 g/mol. The van der Waals surface area contributed by atoms with Gasteiger partial charge >= 0.3 is 5.97 Å². The van der Waals surface area contributed by atoms with Crippen molar-refractivity contribution in [2.45, 2.75) is 40.9 Å². The molecule has 5 aromatic carbocycles. The summed E-state index contributed by atoms with van der Waals surface area (Å²) in [7, 11) is 0. The van der Waals surface area contributed by atoms with Gasteiger partial charge in [0.25, 0.3) is 46.3 Å². The van der Waals surface area contributed by atoms with E-state index in [-0.39, 0.29) is 61.3 Å². The van der Waals surface area contributed by atoms with Crippen LogP contribution in [0, 0.1) is 54.3 Å². The van der Waals surface area contributed by atoms with Gasteiger partial charge in [0.1, 0.15) is 28.7 Å². The molecule has 2 aromatic heterocycles. The SMILES string of the molecule is CC(=O)NNC(=O)COc1ccc([N+](=O)[O-])cc1.CCOC(=O)COc1ccc([N+](=O)[O-])cc1.Cc1nnc(COc2ccc(N)cc2)o1.Cc1nnc(COc2ccc([N+](=O)[O-])cc2)o1.NN.NNC(=O)COc1ccc([N+](=O)[O-])cc1.O. The van der Waals surface area contributed by atoms with Crippen LogP contribution in [-0.4, -0.2) is 95.7 Å². The number of nitrogen functional groups attached to an aromatic ring is 1. The molecule has 0 atom stereocenters. The predicted molar refractivity (Wildman–Crippen MR) is 289 cm³/mol. The number of non-ortho nitro benzene ring substituents is 4. The number of nitrogens with two attached hydrogens (primary N) is 4. The molecule has 0 bridgehead atoms. The summed E-state index contributed by atoms with van der Waals surface area (Å²) < 4.78 is 40.7. The van der Waals surface area contributed by atoms with Crippen LogP contribution in [0.25, 0.3) is 0 Å². The van der Waals surface area contributed by atoms with Crippen LogP contribution in [0.1, 0.15) is 37.4 Å². The fraction of sp³-hybridized carbons (Fsp3) is 0.208. The van der Waals surface area contributed by atoms with Gasteiger partial charge in [-0.1, -0.05) is 0 Å². The predicted octanol–water partition coefficient (Wildman–Crippen LogP) is 3.04. The first-order chi connectivity index (χ1) is 39.6. The van der Waals surface area contributed by atoms with E-state index in [1.165, 1.54) is 104 Å². The lowest BCUT2D eigenvalue weighted by molar-refractivity contribution is -0.385. The number of carbonyl (C=O) groups is 4. The molecule has 0 saturated heterocycles. The molecule has 0 unspecified atom stereocenters. The number of aryl methyl sites for hydroxylation is 2. The molecule has 0 aliphatic heterocycles. The highest BCUT2D eigenvalue weighted by Gasteiger charge is 2.11. The summed E-state index contributed by atoms with van der Waals surface area (Å²) >= 11 is 0. The number of amides is 3. The second kappa shape index (κ2) is 39.0. The number of aromatic nitrogens is 4. The number of ether oxygens (including phenoxy) is 6. The minimum atomic E-state index is -0.538. The van der Waals surface area contributed by atoms with Gasteiger partial charge in [0.05, 0.1) is 26.3 Å². The maximum absolute atomic E-state index is 11.1. The molecule has 13 N–H and O–H groups in total. The number of nitro groups is 4. The molecule has 36 heteroatoms. The van der Waals surface area contributed by atoms with Crippen molar-refractivity contribution in [1.82, 2.24) is 36.7 Å². The summed E-state index contributed by atoms with van der Waals surface area (Å²) in [6.45, 7) is 6.33. The lowest BCUT2D eigenvalue weighted by atomic mass is 10.3. The van der Waals surface area contributed by atoms with E-state index in [2.05, 4.69) is 47.7 Å². The standard InChI is InChI=1S/C10H11N3O5.C10H9N3O4.C10H11N3O2.C10H11NO5.C8H9N3O4.H4N2.H2O/c1-7(14)11-12-10(15)6-18-9-4-2-8(3-5-9)13(16)17;1-7-11-12-10(17-7)6-16-9-4-2-8(3-5-9)13(14)15;1-7-12-13-10(15-7)6-14-9-4-2-8(11)3-5-9;1-2-15-10(12)7-16-9-5-3-8(4-6-9)11(13)14;9-10-8(12)5-15-7-3-1-6(2-4-7)11(13)14;1-2;/h2-5H,6H2,1H3,(H,11,14)(H,12,15);2-5H,6H2,1H3;2-5H,6,11H2,1H3;3-6H,2,7H2,1H3;1-4H,5,9H2,(H,10,12);1-2H2;1H2. The van der Waals surface area contributed by atoms with E-state index >= 15 is 0 Å². The number of nitrogens with one attached hydrogen (secondary N) is 3. The minimum absolute atomic E-state index is 0. The number of nitrogens with zero attached hydrogens (tertiary/aromatic N) is 8. The normalized spacial score (nSPS) is 9.46. The van der Waals surface area contributed by atoms with Crippen LogP contribution < -0.4 is 63.2 Å². The van der Waals surface area contributed by atoms with Crippen LogP contribution in [0.5, 0.6) is 28.7 Å². The van der Waals surface area contributed by atoms with Gasteiger partial charge in [-0.3, -0.25) is 82.8 Å². The zero-order chi connectivity index (χ0) is 61.7. The van der Waals surface area contributed by atoms with Gasteiger partial charge in [-0.05, 0) is 79.7 Å². The summed E-state index contributed by atoms with van der Waals surface area (Å²) in [5.41, 5.74) is 12.2. The number of rotatable bonds is 20. The van der Waals surface area contributed by atoms with Crippen molar-refractivity contribution in [1.29, 1.82) is 0 Å². The van der Waals surface area contributed by atoms with E-state index in [0.29, 0.717) is 58.9 Å². The summed E-state index contributed by atoms with van der Waals surface area (Å²) in [4.78, 5) is 82.7. The Hall–Kier alpha value is -11.5. The number of hydrazine groups is 3. The summed E-state index contributed by atoms with van der Waals surface area (Å²) in [5.74, 6) is 15.1. The highest BCUT2D eigenvalue weighted by Crippen LogP contribution is 2.21. The quantitative estimate of drug-likeness (QED) is 0.0144. The Morgan fingerprint density at radius 3 is 1.10 bits per heavy atom. The fourth-order valence-electron chi connectivity index (χ4n) is 5.18. The Labute approximate surface area is 474 Å². The highest BCUT2D eigenvalue weighted by atomic mass is 16.6. The number of esters is 1. The molecule has 0 radical (unpaired) electrons. The molecule has 84 heavy (non-hydrogen) atoms. The molecular formula is C48H57N15O21. The number of benzene rings is 5. The maximum atomic E-state index is 11.1. The molecule has 36 nitrogen and oxygen atoms in total. The van der Waals surface area contributed by atoms with Crippen molar-refractivity contribution in [3.8, 4) is 28.7 Å². The topological polar surface area (TPSA) is 546 Å². The summed E-state index contributed by atoms with van der Waals surface area (Å²) in [6, 6.07) is 29.0. The van der Waals surface area contributed by atoms with E-state index in [0.717, 1.165) is 5.75 Å². The van der Waals surface area contributed by atoms with Crippen molar-refractivity contribution in [2.24, 2.45) is 17.5 Å². The van der Waals surface area contributed by atoms with Gasteiger partial charge in [-0.25, -0.2) is 10.6 Å². The van der Waals surface area contributed by atoms with E-state index in [1.54, 1.807) is 45.0 Å². The van der Waals surface area contributed by atoms with Crippen molar-refractivity contribution in [3.05, 3.63) is 185 Å². The monoisotopic (exact) mass is 1180 g/mol. The lowest BCUT2D eigenvalue weighted by Crippen LogP contribution is -2.42. The van der Waals surface area contributed by atoms with Crippen LogP contribution in [0.3, 0.4) is 0 Å². The first-order valence-corrected chi connectivity index (χ1v) is 23.2. The molecule has 2 heterocycles. The van der Waals surface area contributed by atoms with Crippen LogP contribution in [-0.2, 0) is 37.1 Å². The summed E-state index contributed by atoms with van der Waals surface area (Å²) in [6.07, 6.45) is 0. The summed E-state index contributed by atoms with van der Waals surface area (Å²) in [5, 5.41) is 56.4. The first kappa shape index (κ1) is 70.5. The highest BCUT2D eigenvalue weighted by molar-refractivity contribution is 5.81. The Morgan fingerprint density at radius 2 is 0.810 bits per heavy atom. The number of anilines is 1. The van der Waals surface area contributed by atoms with Gasteiger partial charge in [0.2, 0.25) is 17.7 Å². The first-order valence-electron chi connectivity index (χ1n) is 23.2. The van der Waals surface area contributed by atoms with E-state index < -0.39 is 43.4 Å². The second-order valence-electron chi connectivity index (χ2n) is 15.0. The molecule has 0 aliphatic rings. The molecule has 7 aromatic rings. The molecule has 7 rings (SSSR count).